The van der Waals surface area contributed by atoms with Crippen LogP contribution in [0.1, 0.15) is 47.0 Å². The highest BCUT2D eigenvalue weighted by Crippen LogP contribution is 2.17. The van der Waals surface area contributed by atoms with E-state index in [2.05, 4.69) is 17.6 Å². The highest BCUT2D eigenvalue weighted by Gasteiger charge is 2.25. The van der Waals surface area contributed by atoms with E-state index in [1.54, 1.807) is 11.8 Å². The molecule has 1 aliphatic heterocycles. The van der Waals surface area contributed by atoms with Gasteiger partial charge in [0.15, 0.2) is 0 Å². The molecule has 0 aromatic heterocycles. The van der Waals surface area contributed by atoms with Crippen LogP contribution in [0.5, 0.6) is 0 Å². The van der Waals surface area contributed by atoms with Crippen molar-refractivity contribution >= 4 is 11.8 Å². The van der Waals surface area contributed by atoms with Crippen LogP contribution in [0.25, 0.3) is 0 Å². The molecule has 1 aliphatic rings. The average Bonchev–Trinajstić information content (AvgIpc) is 2.42. The quantitative estimate of drug-likeness (QED) is 0.768. The monoisotopic (exact) mass is 283 g/mol. The molecule has 0 aromatic carbocycles. The largest absolute Gasteiger partial charge is 0.345 e. The number of piperidine rings is 1. The first-order valence-corrected chi connectivity index (χ1v) is 7.81. The van der Waals surface area contributed by atoms with E-state index < -0.39 is 6.04 Å². The third-order valence-corrected chi connectivity index (χ3v) is 4.16. The molecule has 0 radical (unpaired) electrons. The smallest absolute Gasteiger partial charge is 0.244 e. The fourth-order valence-electron chi connectivity index (χ4n) is 2.76. The Kier molecular flexibility index (Phi) is 6.99. The topological polar surface area (TPSA) is 61.4 Å². The van der Waals surface area contributed by atoms with Gasteiger partial charge < -0.3 is 15.5 Å². The van der Waals surface area contributed by atoms with Crippen molar-refractivity contribution in [1.29, 1.82) is 0 Å². The Morgan fingerprint density at radius 3 is 2.55 bits per heavy atom. The molecular weight excluding hydrogens is 254 g/mol. The van der Waals surface area contributed by atoms with Crippen LogP contribution in [0, 0.1) is 5.92 Å². The van der Waals surface area contributed by atoms with Crippen molar-refractivity contribution in [2.45, 2.75) is 59.0 Å². The molecule has 5 nitrogen and oxygen atoms in total. The summed E-state index contributed by atoms with van der Waals surface area (Å²) in [5.41, 5.74) is 0. The lowest BCUT2D eigenvalue weighted by Crippen LogP contribution is -2.49. The first-order chi connectivity index (χ1) is 9.49. The van der Waals surface area contributed by atoms with E-state index in [1.165, 1.54) is 12.8 Å². The molecule has 5 heteroatoms. The van der Waals surface area contributed by atoms with Crippen LogP contribution in [0.15, 0.2) is 0 Å². The summed E-state index contributed by atoms with van der Waals surface area (Å²) in [6, 6.07) is -0.208. The molecule has 1 rings (SSSR count). The summed E-state index contributed by atoms with van der Waals surface area (Å²) in [5, 5.41) is 6.22. The number of likely N-dealkylation sites (N-methyl/N-ethyl adjacent to an activating group) is 1. The van der Waals surface area contributed by atoms with Gasteiger partial charge in [0.05, 0.1) is 0 Å². The number of amides is 2. The van der Waals surface area contributed by atoms with Crippen LogP contribution in [0.2, 0.25) is 0 Å². The minimum Gasteiger partial charge on any atom is -0.345 e. The Morgan fingerprint density at radius 2 is 2.00 bits per heavy atom. The molecule has 0 bridgehead atoms. The van der Waals surface area contributed by atoms with E-state index in [1.807, 2.05) is 13.8 Å². The maximum Gasteiger partial charge on any atom is 0.244 e. The number of carbonyl (C=O) groups excluding carboxylic acids is 2. The van der Waals surface area contributed by atoms with Gasteiger partial charge in [0.25, 0.3) is 0 Å². The van der Waals surface area contributed by atoms with Crippen molar-refractivity contribution in [3.8, 4) is 0 Å². The van der Waals surface area contributed by atoms with Gasteiger partial charge in [-0.25, -0.2) is 0 Å². The number of carbonyl (C=O) groups is 2. The van der Waals surface area contributed by atoms with Gasteiger partial charge in [0, 0.05) is 25.6 Å². The van der Waals surface area contributed by atoms with Gasteiger partial charge >= 0.3 is 0 Å². The van der Waals surface area contributed by atoms with Crippen molar-refractivity contribution in [3.63, 3.8) is 0 Å². The molecule has 0 aromatic rings. The zero-order valence-corrected chi connectivity index (χ0v) is 13.2. The Hall–Kier alpha value is -1.10. The van der Waals surface area contributed by atoms with Gasteiger partial charge in [-0.1, -0.05) is 6.92 Å². The van der Waals surface area contributed by atoms with Crippen LogP contribution >= 0.6 is 0 Å². The van der Waals surface area contributed by atoms with Crippen LogP contribution in [-0.2, 0) is 9.59 Å². The van der Waals surface area contributed by atoms with Gasteiger partial charge in [-0.15, -0.1) is 0 Å². The summed E-state index contributed by atoms with van der Waals surface area (Å²) >= 11 is 0. The first-order valence-electron chi connectivity index (χ1n) is 7.81. The molecule has 0 spiro atoms. The van der Waals surface area contributed by atoms with Gasteiger partial charge in [-0.2, -0.15) is 0 Å². The molecular formula is C15H29N3O2. The standard InChI is InChI=1S/C15H29N3O2/c1-5-18(6-2)15(20)12(4)17-14(19)10-13-11(3)8-7-9-16-13/h11-13,16H,5-10H2,1-4H3,(H,17,19). The number of hydrogen-bond acceptors (Lipinski definition) is 3. The van der Waals surface area contributed by atoms with Crippen molar-refractivity contribution in [2.24, 2.45) is 5.92 Å². The van der Waals surface area contributed by atoms with Crippen LogP contribution < -0.4 is 10.6 Å². The highest BCUT2D eigenvalue weighted by atomic mass is 16.2. The Bertz CT molecular complexity index is 329. The lowest BCUT2D eigenvalue weighted by molar-refractivity contribution is -0.135. The van der Waals surface area contributed by atoms with E-state index in [0.29, 0.717) is 25.4 Å². The third kappa shape index (κ3) is 4.78. The summed E-state index contributed by atoms with van der Waals surface area (Å²) in [5.74, 6) is 0.473. The molecule has 3 unspecified atom stereocenters. The second-order valence-corrected chi connectivity index (χ2v) is 5.68. The fraction of sp³-hybridized carbons (Fsp3) is 0.867. The molecule has 0 aliphatic carbocycles. The minimum absolute atomic E-state index is 0.00648. The molecule has 2 N–H and O–H groups in total. The Labute approximate surface area is 122 Å². The minimum atomic E-state index is -0.443. The van der Waals surface area contributed by atoms with Gasteiger partial charge in [-0.05, 0) is 46.1 Å². The van der Waals surface area contributed by atoms with Crippen molar-refractivity contribution in [3.05, 3.63) is 0 Å². The van der Waals surface area contributed by atoms with E-state index >= 15 is 0 Å². The predicted octanol–water partition coefficient (Wildman–Crippen LogP) is 1.14. The summed E-state index contributed by atoms with van der Waals surface area (Å²) in [6.07, 6.45) is 2.80. The maximum atomic E-state index is 12.1. The second-order valence-electron chi connectivity index (χ2n) is 5.68. The molecule has 1 saturated heterocycles. The van der Waals surface area contributed by atoms with E-state index in [9.17, 15) is 9.59 Å². The molecule has 0 saturated carbocycles. The zero-order chi connectivity index (χ0) is 15.1. The normalized spacial score (nSPS) is 24.0. The molecule has 1 heterocycles. The van der Waals surface area contributed by atoms with Crippen LogP contribution in [-0.4, -0.2) is 48.4 Å². The van der Waals surface area contributed by atoms with E-state index in [4.69, 9.17) is 0 Å². The SMILES string of the molecule is CCN(CC)C(=O)C(C)NC(=O)CC1NCCCC1C. The van der Waals surface area contributed by atoms with Gasteiger partial charge in [0.1, 0.15) is 6.04 Å². The summed E-state index contributed by atoms with van der Waals surface area (Å²) < 4.78 is 0. The first kappa shape index (κ1) is 17.0. The predicted molar refractivity (Wildman–Crippen MR) is 80.3 cm³/mol. The van der Waals surface area contributed by atoms with Crippen LogP contribution in [0.4, 0.5) is 0 Å². The highest BCUT2D eigenvalue weighted by molar-refractivity contribution is 5.87. The number of rotatable bonds is 6. The summed E-state index contributed by atoms with van der Waals surface area (Å²) in [6.45, 7) is 10.2. The maximum absolute atomic E-state index is 12.1. The number of nitrogens with one attached hydrogen (secondary N) is 2. The second kappa shape index (κ2) is 8.25. The van der Waals surface area contributed by atoms with Crippen molar-refractivity contribution < 1.29 is 9.59 Å². The number of hydrogen-bond donors (Lipinski definition) is 2. The molecule has 116 valence electrons. The van der Waals surface area contributed by atoms with Crippen molar-refractivity contribution in [2.75, 3.05) is 19.6 Å². The van der Waals surface area contributed by atoms with E-state index in [-0.39, 0.29) is 17.9 Å². The number of nitrogens with zero attached hydrogens (tertiary/aromatic N) is 1. The Balaban J connectivity index is 2.42. The third-order valence-electron chi connectivity index (χ3n) is 4.16. The average molecular weight is 283 g/mol. The Morgan fingerprint density at radius 1 is 1.35 bits per heavy atom. The van der Waals surface area contributed by atoms with Gasteiger partial charge in [-0.3, -0.25) is 9.59 Å². The summed E-state index contributed by atoms with van der Waals surface area (Å²) in [7, 11) is 0. The fourth-order valence-corrected chi connectivity index (χ4v) is 2.76. The molecule has 2 amide bonds. The molecule has 20 heavy (non-hydrogen) atoms. The zero-order valence-electron chi connectivity index (χ0n) is 13.2. The lowest BCUT2D eigenvalue weighted by atomic mass is 9.90. The van der Waals surface area contributed by atoms with Crippen molar-refractivity contribution in [1.82, 2.24) is 15.5 Å². The van der Waals surface area contributed by atoms with Crippen LogP contribution in [0.3, 0.4) is 0 Å². The summed E-state index contributed by atoms with van der Waals surface area (Å²) in [4.78, 5) is 25.9. The van der Waals surface area contributed by atoms with E-state index in [0.717, 1.165) is 6.54 Å². The van der Waals surface area contributed by atoms with Gasteiger partial charge in [0.2, 0.25) is 11.8 Å². The lowest BCUT2D eigenvalue weighted by Gasteiger charge is -2.30. The molecule has 1 fully saturated rings. The molecule has 3 atom stereocenters.